The van der Waals surface area contributed by atoms with E-state index in [0.29, 0.717) is 11.3 Å². The first-order valence-corrected chi connectivity index (χ1v) is 5.51. The maximum atomic E-state index is 13.1. The van der Waals surface area contributed by atoms with E-state index in [1.54, 1.807) is 7.11 Å². The summed E-state index contributed by atoms with van der Waals surface area (Å²) >= 11 is 0. The Hall–Kier alpha value is -1.42. The van der Waals surface area contributed by atoms with E-state index in [-0.39, 0.29) is 18.3 Å². The third kappa shape index (κ3) is 2.05. The van der Waals surface area contributed by atoms with Crippen LogP contribution >= 0.6 is 0 Å². The maximum Gasteiger partial charge on any atom is 0.170 e. The van der Waals surface area contributed by atoms with Crippen LogP contribution in [0.25, 0.3) is 0 Å². The summed E-state index contributed by atoms with van der Waals surface area (Å²) in [6.07, 6.45) is -0.0250. The third-order valence-electron chi connectivity index (χ3n) is 3.31. The summed E-state index contributed by atoms with van der Waals surface area (Å²) in [4.78, 5) is 12.0. The highest BCUT2D eigenvalue weighted by Crippen LogP contribution is 2.36. The van der Waals surface area contributed by atoms with Crippen molar-refractivity contribution in [2.45, 2.75) is 32.0 Å². The van der Waals surface area contributed by atoms with E-state index in [4.69, 9.17) is 9.47 Å². The van der Waals surface area contributed by atoms with Crippen molar-refractivity contribution < 1.29 is 18.7 Å². The normalized spacial score (nSPS) is 25.1. The van der Waals surface area contributed by atoms with Crippen molar-refractivity contribution in [2.75, 3.05) is 7.11 Å². The van der Waals surface area contributed by atoms with Crippen LogP contribution in [0.15, 0.2) is 18.2 Å². The molecular formula is C13H15FO3. The van der Waals surface area contributed by atoms with Gasteiger partial charge in [0, 0.05) is 7.11 Å². The Morgan fingerprint density at radius 3 is 2.88 bits per heavy atom. The zero-order chi connectivity index (χ0) is 12.6. The van der Waals surface area contributed by atoms with E-state index in [1.165, 1.54) is 18.2 Å². The molecule has 0 saturated heterocycles. The molecule has 0 aliphatic carbocycles. The minimum absolute atomic E-state index is 0.114. The molecule has 0 radical (unpaired) electrons. The van der Waals surface area contributed by atoms with Crippen LogP contribution in [0.4, 0.5) is 4.39 Å². The lowest BCUT2D eigenvalue weighted by molar-refractivity contribution is -0.0588. The van der Waals surface area contributed by atoms with E-state index in [0.717, 1.165) is 0 Å². The molecule has 92 valence electrons. The maximum absolute atomic E-state index is 13.1. The summed E-state index contributed by atoms with van der Waals surface area (Å²) in [5.74, 6) is -0.115. The molecule has 2 unspecified atom stereocenters. The quantitative estimate of drug-likeness (QED) is 0.794. The standard InChI is InChI=1S/C13H15FO3/c1-8(16-3)13(2)7-11(15)10-6-9(14)4-5-12(10)17-13/h4-6,8H,7H2,1-3H3. The van der Waals surface area contributed by atoms with Gasteiger partial charge in [0.05, 0.1) is 18.1 Å². The van der Waals surface area contributed by atoms with Crippen LogP contribution in [-0.2, 0) is 4.74 Å². The number of methoxy groups -OCH3 is 1. The number of ketones is 1. The van der Waals surface area contributed by atoms with E-state index in [1.807, 2.05) is 13.8 Å². The van der Waals surface area contributed by atoms with Crippen LogP contribution in [0.5, 0.6) is 5.75 Å². The molecule has 1 aliphatic heterocycles. The molecule has 2 atom stereocenters. The Balaban J connectivity index is 2.40. The van der Waals surface area contributed by atoms with Gasteiger partial charge in [-0.3, -0.25) is 4.79 Å². The number of fused-ring (bicyclic) bond motifs is 1. The summed E-state index contributed by atoms with van der Waals surface area (Å²) in [5, 5.41) is 0. The second-order valence-corrected chi connectivity index (χ2v) is 4.53. The average molecular weight is 238 g/mol. The average Bonchev–Trinajstić information content (AvgIpc) is 2.29. The summed E-state index contributed by atoms with van der Waals surface area (Å²) in [6.45, 7) is 3.67. The number of Topliss-reactive ketones (excluding diaryl/α,β-unsaturated/α-hetero) is 1. The van der Waals surface area contributed by atoms with Crippen molar-refractivity contribution in [3.63, 3.8) is 0 Å². The van der Waals surface area contributed by atoms with Crippen LogP contribution < -0.4 is 4.74 Å². The van der Waals surface area contributed by atoms with Crippen LogP contribution in [0.2, 0.25) is 0 Å². The SMILES string of the molecule is COC(C)C1(C)CC(=O)c2cc(F)ccc2O1. The molecule has 1 aromatic carbocycles. The van der Waals surface area contributed by atoms with Gasteiger partial charge >= 0.3 is 0 Å². The number of carbonyl (C=O) groups excluding carboxylic acids is 1. The molecule has 0 fully saturated rings. The van der Waals surface area contributed by atoms with Crippen LogP contribution in [0.1, 0.15) is 30.6 Å². The summed E-state index contributed by atoms with van der Waals surface area (Å²) in [7, 11) is 1.57. The molecule has 0 bridgehead atoms. The van der Waals surface area contributed by atoms with Gasteiger partial charge in [0.1, 0.15) is 17.2 Å². The minimum Gasteiger partial charge on any atom is -0.484 e. The van der Waals surface area contributed by atoms with Gasteiger partial charge in [-0.25, -0.2) is 4.39 Å². The van der Waals surface area contributed by atoms with Crippen LogP contribution in [-0.4, -0.2) is 24.6 Å². The second kappa shape index (κ2) is 4.11. The highest BCUT2D eigenvalue weighted by molar-refractivity contribution is 6.00. The second-order valence-electron chi connectivity index (χ2n) is 4.53. The number of benzene rings is 1. The van der Waals surface area contributed by atoms with E-state index in [9.17, 15) is 9.18 Å². The Labute approximate surface area is 99.5 Å². The molecule has 1 aliphatic rings. The number of halogens is 1. The first-order chi connectivity index (χ1) is 7.96. The smallest absolute Gasteiger partial charge is 0.170 e. The van der Waals surface area contributed by atoms with Crippen molar-refractivity contribution in [3.05, 3.63) is 29.6 Å². The molecule has 1 heterocycles. The van der Waals surface area contributed by atoms with Crippen molar-refractivity contribution in [2.24, 2.45) is 0 Å². The van der Waals surface area contributed by atoms with Crippen LogP contribution in [0.3, 0.4) is 0 Å². The molecule has 17 heavy (non-hydrogen) atoms. The number of ether oxygens (including phenoxy) is 2. The van der Waals surface area contributed by atoms with E-state index < -0.39 is 11.4 Å². The van der Waals surface area contributed by atoms with Gasteiger partial charge in [0.2, 0.25) is 0 Å². The van der Waals surface area contributed by atoms with Crippen LogP contribution in [0, 0.1) is 5.82 Å². The summed E-state index contributed by atoms with van der Waals surface area (Å²) in [6, 6.07) is 3.99. The van der Waals surface area contributed by atoms with Gasteiger partial charge in [-0.15, -0.1) is 0 Å². The Kier molecular flexibility index (Phi) is 2.91. The molecule has 0 saturated carbocycles. The van der Waals surface area contributed by atoms with Crippen molar-refractivity contribution in [1.29, 1.82) is 0 Å². The predicted octanol–water partition coefficient (Wildman–Crippen LogP) is 2.58. The van der Waals surface area contributed by atoms with Gasteiger partial charge in [-0.1, -0.05) is 0 Å². The van der Waals surface area contributed by atoms with Gasteiger partial charge in [-0.05, 0) is 32.0 Å². The van der Waals surface area contributed by atoms with Gasteiger partial charge in [0.25, 0.3) is 0 Å². The van der Waals surface area contributed by atoms with E-state index in [2.05, 4.69) is 0 Å². The molecule has 3 nitrogen and oxygen atoms in total. The molecule has 0 spiro atoms. The molecule has 0 aromatic heterocycles. The number of carbonyl (C=O) groups is 1. The number of rotatable bonds is 2. The van der Waals surface area contributed by atoms with Gasteiger partial charge in [0.15, 0.2) is 5.78 Å². The molecule has 2 rings (SSSR count). The Bertz CT molecular complexity index is 458. The van der Waals surface area contributed by atoms with E-state index >= 15 is 0 Å². The lowest BCUT2D eigenvalue weighted by Gasteiger charge is -2.38. The topological polar surface area (TPSA) is 35.5 Å². The first kappa shape index (κ1) is 12.0. The molecule has 0 N–H and O–H groups in total. The Morgan fingerprint density at radius 1 is 1.53 bits per heavy atom. The monoisotopic (exact) mass is 238 g/mol. The molecule has 1 aromatic rings. The lowest BCUT2D eigenvalue weighted by Crippen LogP contribution is -2.48. The fourth-order valence-electron chi connectivity index (χ4n) is 1.99. The molecule has 0 amide bonds. The van der Waals surface area contributed by atoms with Gasteiger partial charge < -0.3 is 9.47 Å². The van der Waals surface area contributed by atoms with Crippen molar-refractivity contribution in [1.82, 2.24) is 0 Å². The minimum atomic E-state index is -0.698. The number of hydrogen-bond acceptors (Lipinski definition) is 3. The zero-order valence-electron chi connectivity index (χ0n) is 10.1. The highest BCUT2D eigenvalue weighted by atomic mass is 19.1. The molecular weight excluding hydrogens is 223 g/mol. The highest BCUT2D eigenvalue weighted by Gasteiger charge is 2.41. The predicted molar refractivity (Wildman–Crippen MR) is 60.9 cm³/mol. The summed E-state index contributed by atoms with van der Waals surface area (Å²) in [5.41, 5.74) is -0.387. The molecule has 4 heteroatoms. The van der Waals surface area contributed by atoms with Crippen molar-refractivity contribution in [3.8, 4) is 5.75 Å². The fourth-order valence-corrected chi connectivity index (χ4v) is 1.99. The summed E-state index contributed by atoms with van der Waals surface area (Å²) < 4.78 is 24.1. The third-order valence-corrected chi connectivity index (χ3v) is 3.31. The van der Waals surface area contributed by atoms with Crippen molar-refractivity contribution >= 4 is 5.78 Å². The lowest BCUT2D eigenvalue weighted by atomic mass is 9.87. The fraction of sp³-hybridized carbons (Fsp3) is 0.462. The Morgan fingerprint density at radius 2 is 2.24 bits per heavy atom. The zero-order valence-corrected chi connectivity index (χ0v) is 10.1. The van der Waals surface area contributed by atoms with Gasteiger partial charge in [-0.2, -0.15) is 0 Å². The largest absolute Gasteiger partial charge is 0.484 e. The first-order valence-electron chi connectivity index (χ1n) is 5.51. The number of hydrogen-bond donors (Lipinski definition) is 0.